The van der Waals surface area contributed by atoms with Crippen LogP contribution >= 0.6 is 12.4 Å². The van der Waals surface area contributed by atoms with Crippen LogP contribution in [0.5, 0.6) is 11.5 Å². The average Bonchev–Trinajstić information content (AvgIpc) is 2.74. The van der Waals surface area contributed by atoms with Crippen molar-refractivity contribution in [1.82, 2.24) is 4.90 Å². The Balaban J connectivity index is 0.00000162. The molecule has 1 aromatic rings. The Bertz CT molecular complexity index is 387. The van der Waals surface area contributed by atoms with Gasteiger partial charge in [0.05, 0.1) is 14.2 Å². The molecule has 102 valence electrons. The maximum absolute atomic E-state index is 5.89. The normalized spacial score (nSPS) is 19.4. The van der Waals surface area contributed by atoms with Gasteiger partial charge in [0.2, 0.25) is 0 Å². The van der Waals surface area contributed by atoms with Crippen molar-refractivity contribution < 1.29 is 9.47 Å². The highest BCUT2D eigenvalue weighted by molar-refractivity contribution is 5.85. The smallest absolute Gasteiger partial charge is 0.161 e. The molecule has 18 heavy (non-hydrogen) atoms. The van der Waals surface area contributed by atoms with E-state index in [1.54, 1.807) is 14.2 Å². The molecule has 0 bridgehead atoms. The summed E-state index contributed by atoms with van der Waals surface area (Å²) in [4.78, 5) is 2.37. The Morgan fingerprint density at radius 1 is 1.28 bits per heavy atom. The molecule has 0 aliphatic carbocycles. The highest BCUT2D eigenvalue weighted by Gasteiger charge is 2.19. The van der Waals surface area contributed by atoms with E-state index in [9.17, 15) is 0 Å². The summed E-state index contributed by atoms with van der Waals surface area (Å²) in [5.41, 5.74) is 7.13. The van der Waals surface area contributed by atoms with Crippen molar-refractivity contribution in [2.45, 2.75) is 19.0 Å². The molecule has 1 aliphatic rings. The molecule has 1 atom stereocenters. The summed E-state index contributed by atoms with van der Waals surface area (Å²) in [6.45, 7) is 2.98. The zero-order chi connectivity index (χ0) is 12.3. The van der Waals surface area contributed by atoms with Gasteiger partial charge in [0, 0.05) is 25.7 Å². The molecule has 1 heterocycles. The van der Waals surface area contributed by atoms with Crippen molar-refractivity contribution in [3.05, 3.63) is 23.8 Å². The lowest BCUT2D eigenvalue weighted by molar-refractivity contribution is 0.323. The van der Waals surface area contributed by atoms with Crippen LogP contribution in [-0.2, 0) is 6.54 Å². The molecule has 1 aliphatic heterocycles. The molecule has 0 saturated carbocycles. The number of nitrogens with two attached hydrogens (primary N) is 1. The van der Waals surface area contributed by atoms with Crippen LogP contribution in [0.4, 0.5) is 0 Å². The van der Waals surface area contributed by atoms with Crippen LogP contribution in [-0.4, -0.2) is 38.3 Å². The first-order valence-corrected chi connectivity index (χ1v) is 5.91. The van der Waals surface area contributed by atoms with Gasteiger partial charge in [-0.25, -0.2) is 0 Å². The van der Waals surface area contributed by atoms with E-state index in [1.807, 2.05) is 12.1 Å². The lowest BCUT2D eigenvalue weighted by Gasteiger charge is -2.16. The van der Waals surface area contributed by atoms with Crippen LogP contribution < -0.4 is 15.2 Å². The quantitative estimate of drug-likeness (QED) is 0.906. The van der Waals surface area contributed by atoms with Gasteiger partial charge in [-0.2, -0.15) is 0 Å². The third kappa shape index (κ3) is 3.51. The lowest BCUT2D eigenvalue weighted by atomic mass is 10.2. The Hall–Kier alpha value is -0.970. The van der Waals surface area contributed by atoms with E-state index in [0.29, 0.717) is 6.04 Å². The van der Waals surface area contributed by atoms with Crippen molar-refractivity contribution >= 4 is 12.4 Å². The fraction of sp³-hybridized carbons (Fsp3) is 0.538. The molecule has 1 saturated heterocycles. The molecule has 5 heteroatoms. The van der Waals surface area contributed by atoms with Crippen molar-refractivity contribution in [1.29, 1.82) is 0 Å². The molecule has 0 radical (unpaired) electrons. The minimum absolute atomic E-state index is 0. The molecule has 2 N–H and O–H groups in total. The summed E-state index contributed by atoms with van der Waals surface area (Å²) in [6, 6.07) is 6.38. The molecular weight excluding hydrogens is 252 g/mol. The number of nitrogens with zero attached hydrogens (tertiary/aromatic N) is 1. The van der Waals surface area contributed by atoms with E-state index in [1.165, 1.54) is 5.56 Å². The second-order valence-corrected chi connectivity index (χ2v) is 4.47. The van der Waals surface area contributed by atoms with Gasteiger partial charge in [-0.3, -0.25) is 4.90 Å². The molecule has 4 nitrogen and oxygen atoms in total. The zero-order valence-corrected chi connectivity index (χ0v) is 11.7. The second kappa shape index (κ2) is 6.83. The van der Waals surface area contributed by atoms with E-state index < -0.39 is 0 Å². The molecule has 0 aromatic heterocycles. The van der Waals surface area contributed by atoms with Crippen molar-refractivity contribution in [3.8, 4) is 11.5 Å². The molecule has 0 spiro atoms. The van der Waals surface area contributed by atoms with Gasteiger partial charge in [0.1, 0.15) is 0 Å². The summed E-state index contributed by atoms with van der Waals surface area (Å²) in [7, 11) is 3.31. The summed E-state index contributed by atoms with van der Waals surface area (Å²) in [6.07, 6.45) is 1.09. The number of ether oxygens (including phenoxy) is 2. The van der Waals surface area contributed by atoms with Gasteiger partial charge in [-0.1, -0.05) is 6.07 Å². The summed E-state index contributed by atoms with van der Waals surface area (Å²) in [5.74, 6) is 1.56. The summed E-state index contributed by atoms with van der Waals surface area (Å²) >= 11 is 0. The predicted octanol–water partition coefficient (Wildman–Crippen LogP) is 1.66. The van der Waals surface area contributed by atoms with Crippen LogP contribution in [0.2, 0.25) is 0 Å². The van der Waals surface area contributed by atoms with Crippen molar-refractivity contribution in [3.63, 3.8) is 0 Å². The van der Waals surface area contributed by atoms with E-state index in [-0.39, 0.29) is 12.4 Å². The van der Waals surface area contributed by atoms with Gasteiger partial charge in [0.25, 0.3) is 0 Å². The first kappa shape index (κ1) is 15.1. The van der Waals surface area contributed by atoms with Crippen LogP contribution in [0.15, 0.2) is 18.2 Å². The van der Waals surface area contributed by atoms with Gasteiger partial charge in [-0.15, -0.1) is 12.4 Å². The number of hydrogen-bond donors (Lipinski definition) is 1. The topological polar surface area (TPSA) is 47.7 Å². The number of rotatable bonds is 4. The molecule has 0 amide bonds. The Kier molecular flexibility index (Phi) is 5.72. The van der Waals surface area contributed by atoms with Gasteiger partial charge >= 0.3 is 0 Å². The number of hydrogen-bond acceptors (Lipinski definition) is 4. The fourth-order valence-electron chi connectivity index (χ4n) is 2.24. The van der Waals surface area contributed by atoms with Crippen LogP contribution in [0.1, 0.15) is 12.0 Å². The van der Waals surface area contributed by atoms with Gasteiger partial charge in [0.15, 0.2) is 11.5 Å². The third-order valence-electron chi connectivity index (χ3n) is 3.16. The molecule has 1 aromatic carbocycles. The minimum atomic E-state index is 0. The maximum Gasteiger partial charge on any atom is 0.161 e. The van der Waals surface area contributed by atoms with Crippen LogP contribution in [0, 0.1) is 0 Å². The van der Waals surface area contributed by atoms with E-state index >= 15 is 0 Å². The standard InChI is InChI=1S/C13H20N2O2.ClH/c1-16-12-4-3-10(7-13(12)17-2)8-15-6-5-11(14)9-15;/h3-4,7,11H,5-6,8-9,14H2,1-2H3;1H. The molecule has 1 unspecified atom stereocenters. The highest BCUT2D eigenvalue weighted by atomic mass is 35.5. The molecule has 1 fully saturated rings. The van der Waals surface area contributed by atoms with Gasteiger partial charge < -0.3 is 15.2 Å². The summed E-state index contributed by atoms with van der Waals surface area (Å²) < 4.78 is 10.5. The minimum Gasteiger partial charge on any atom is -0.493 e. The molecular formula is C13H21ClN2O2. The van der Waals surface area contributed by atoms with Gasteiger partial charge in [-0.05, 0) is 24.1 Å². The van der Waals surface area contributed by atoms with E-state index in [4.69, 9.17) is 15.2 Å². The number of halogens is 1. The van der Waals surface area contributed by atoms with Crippen LogP contribution in [0.25, 0.3) is 0 Å². The average molecular weight is 273 g/mol. The Morgan fingerprint density at radius 2 is 2.00 bits per heavy atom. The zero-order valence-electron chi connectivity index (χ0n) is 10.9. The third-order valence-corrected chi connectivity index (χ3v) is 3.16. The first-order chi connectivity index (χ1) is 8.22. The second-order valence-electron chi connectivity index (χ2n) is 4.47. The Morgan fingerprint density at radius 3 is 2.56 bits per heavy atom. The van der Waals surface area contributed by atoms with Crippen molar-refractivity contribution in [2.24, 2.45) is 5.73 Å². The number of benzene rings is 1. The highest BCUT2D eigenvalue weighted by Crippen LogP contribution is 2.28. The predicted molar refractivity (Wildman–Crippen MR) is 74.7 cm³/mol. The summed E-state index contributed by atoms with van der Waals surface area (Å²) in [5, 5.41) is 0. The fourth-order valence-corrected chi connectivity index (χ4v) is 2.24. The Labute approximate surface area is 114 Å². The largest absolute Gasteiger partial charge is 0.493 e. The number of methoxy groups -OCH3 is 2. The van der Waals surface area contributed by atoms with E-state index in [0.717, 1.165) is 37.6 Å². The maximum atomic E-state index is 5.89. The molecule has 2 rings (SSSR count). The van der Waals surface area contributed by atoms with E-state index in [2.05, 4.69) is 11.0 Å². The number of likely N-dealkylation sites (tertiary alicyclic amines) is 1. The van der Waals surface area contributed by atoms with Crippen molar-refractivity contribution in [2.75, 3.05) is 27.3 Å². The SMILES string of the molecule is COc1ccc(CN2CCC(N)C2)cc1OC.Cl. The lowest BCUT2D eigenvalue weighted by Crippen LogP contribution is -2.26. The monoisotopic (exact) mass is 272 g/mol. The first-order valence-electron chi connectivity index (χ1n) is 5.91. The van der Waals surface area contributed by atoms with Crippen LogP contribution in [0.3, 0.4) is 0 Å².